The Morgan fingerprint density at radius 1 is 1.39 bits per heavy atom. The number of hydrogen-bond donors (Lipinski definition) is 1. The molecule has 2 saturated heterocycles. The highest BCUT2D eigenvalue weighted by atomic mass is 16.5. The van der Waals surface area contributed by atoms with Crippen LogP contribution in [0.4, 0.5) is 0 Å². The number of rotatable bonds is 3. The molecule has 3 heteroatoms. The SMILES string of the molecule is CCC1(CN2CC(C)OC(C)(C)C2)CCCNC1. The molecule has 2 aliphatic heterocycles. The second-order valence-electron chi connectivity index (χ2n) is 6.99. The highest BCUT2D eigenvalue weighted by molar-refractivity contribution is 4.91. The van der Waals surface area contributed by atoms with Crippen LogP contribution in [0.1, 0.15) is 47.0 Å². The van der Waals surface area contributed by atoms with Gasteiger partial charge >= 0.3 is 0 Å². The molecule has 1 N–H and O–H groups in total. The maximum Gasteiger partial charge on any atom is 0.0757 e. The van der Waals surface area contributed by atoms with Crippen LogP contribution in [0.3, 0.4) is 0 Å². The highest BCUT2D eigenvalue weighted by Gasteiger charge is 2.37. The summed E-state index contributed by atoms with van der Waals surface area (Å²) in [5, 5.41) is 3.59. The van der Waals surface area contributed by atoms with Crippen LogP contribution in [-0.2, 0) is 4.74 Å². The van der Waals surface area contributed by atoms with Gasteiger partial charge in [-0.25, -0.2) is 0 Å². The van der Waals surface area contributed by atoms with Gasteiger partial charge in [-0.3, -0.25) is 4.90 Å². The lowest BCUT2D eigenvalue weighted by molar-refractivity contribution is -0.136. The van der Waals surface area contributed by atoms with Crippen molar-refractivity contribution in [1.29, 1.82) is 0 Å². The summed E-state index contributed by atoms with van der Waals surface area (Å²) in [6.07, 6.45) is 4.35. The molecule has 2 aliphatic rings. The van der Waals surface area contributed by atoms with Gasteiger partial charge in [-0.05, 0) is 52.0 Å². The Hall–Kier alpha value is -0.120. The zero-order valence-electron chi connectivity index (χ0n) is 12.6. The minimum atomic E-state index is 0.00862. The molecule has 0 saturated carbocycles. The molecule has 2 atom stereocenters. The zero-order valence-corrected chi connectivity index (χ0v) is 12.6. The van der Waals surface area contributed by atoms with Gasteiger partial charge in [-0.2, -0.15) is 0 Å². The lowest BCUT2D eigenvalue weighted by atomic mass is 9.77. The number of ether oxygens (including phenoxy) is 1. The quantitative estimate of drug-likeness (QED) is 0.836. The van der Waals surface area contributed by atoms with E-state index >= 15 is 0 Å². The summed E-state index contributed by atoms with van der Waals surface area (Å²) in [7, 11) is 0. The van der Waals surface area contributed by atoms with E-state index in [4.69, 9.17) is 4.74 Å². The standard InChI is InChI=1S/C15H30N2O/c1-5-15(7-6-8-16-10-15)12-17-9-13(2)18-14(3,4)11-17/h13,16H,5-12H2,1-4H3. The Labute approximate surface area is 112 Å². The molecular formula is C15H30N2O. The molecule has 0 radical (unpaired) electrons. The molecule has 0 aromatic heterocycles. The molecule has 18 heavy (non-hydrogen) atoms. The van der Waals surface area contributed by atoms with E-state index in [-0.39, 0.29) is 5.60 Å². The number of hydrogen-bond acceptors (Lipinski definition) is 3. The van der Waals surface area contributed by atoms with E-state index in [1.165, 1.54) is 38.9 Å². The fourth-order valence-electron chi connectivity index (χ4n) is 3.76. The predicted octanol–water partition coefficient (Wildman–Crippen LogP) is 2.27. The summed E-state index contributed by atoms with van der Waals surface area (Å²) in [6.45, 7) is 14.8. The molecule has 106 valence electrons. The van der Waals surface area contributed by atoms with Crippen molar-refractivity contribution in [3.8, 4) is 0 Å². The number of piperidine rings is 1. The van der Waals surface area contributed by atoms with E-state index in [1.807, 2.05) is 0 Å². The molecule has 2 fully saturated rings. The summed E-state index contributed by atoms with van der Waals surface area (Å²) < 4.78 is 6.00. The van der Waals surface area contributed by atoms with E-state index in [2.05, 4.69) is 37.9 Å². The maximum atomic E-state index is 6.00. The highest BCUT2D eigenvalue weighted by Crippen LogP contribution is 2.33. The monoisotopic (exact) mass is 254 g/mol. The second kappa shape index (κ2) is 5.48. The van der Waals surface area contributed by atoms with Gasteiger partial charge in [0.2, 0.25) is 0 Å². The predicted molar refractivity (Wildman–Crippen MR) is 75.9 cm³/mol. The lowest BCUT2D eigenvalue weighted by Gasteiger charge is -2.47. The molecule has 0 aromatic rings. The van der Waals surface area contributed by atoms with Crippen LogP contribution in [0.5, 0.6) is 0 Å². The van der Waals surface area contributed by atoms with Crippen molar-refractivity contribution in [2.45, 2.75) is 58.7 Å². The Kier molecular flexibility index (Phi) is 4.35. The first-order chi connectivity index (χ1) is 8.45. The molecule has 0 aliphatic carbocycles. The van der Waals surface area contributed by atoms with E-state index in [9.17, 15) is 0 Å². The van der Waals surface area contributed by atoms with Gasteiger partial charge in [0.15, 0.2) is 0 Å². The van der Waals surface area contributed by atoms with Crippen molar-refractivity contribution in [3.63, 3.8) is 0 Å². The average molecular weight is 254 g/mol. The van der Waals surface area contributed by atoms with Gasteiger partial charge in [0.25, 0.3) is 0 Å². The van der Waals surface area contributed by atoms with Crippen molar-refractivity contribution < 1.29 is 4.74 Å². The second-order valence-corrected chi connectivity index (χ2v) is 6.99. The van der Waals surface area contributed by atoms with Crippen LogP contribution in [0.2, 0.25) is 0 Å². The molecular weight excluding hydrogens is 224 g/mol. The molecule has 2 rings (SSSR count). The minimum absolute atomic E-state index is 0.00862. The topological polar surface area (TPSA) is 24.5 Å². The summed E-state index contributed by atoms with van der Waals surface area (Å²) in [5.41, 5.74) is 0.500. The Morgan fingerprint density at radius 3 is 2.72 bits per heavy atom. The maximum absolute atomic E-state index is 6.00. The fourth-order valence-corrected chi connectivity index (χ4v) is 3.76. The van der Waals surface area contributed by atoms with Crippen molar-refractivity contribution >= 4 is 0 Å². The lowest BCUT2D eigenvalue weighted by Crippen LogP contribution is -2.56. The summed E-state index contributed by atoms with van der Waals surface area (Å²) in [4.78, 5) is 2.63. The molecule has 0 aromatic carbocycles. The van der Waals surface area contributed by atoms with Gasteiger partial charge in [0, 0.05) is 26.2 Å². The first-order valence-electron chi connectivity index (χ1n) is 7.56. The number of nitrogens with one attached hydrogen (secondary N) is 1. The third kappa shape index (κ3) is 3.46. The third-order valence-electron chi connectivity index (χ3n) is 4.51. The van der Waals surface area contributed by atoms with E-state index in [1.54, 1.807) is 0 Å². The first kappa shape index (κ1) is 14.3. The first-order valence-corrected chi connectivity index (χ1v) is 7.56. The van der Waals surface area contributed by atoms with Gasteiger partial charge in [-0.15, -0.1) is 0 Å². The van der Waals surface area contributed by atoms with E-state index in [0.717, 1.165) is 13.1 Å². The van der Waals surface area contributed by atoms with Crippen molar-refractivity contribution in [2.24, 2.45) is 5.41 Å². The molecule has 2 heterocycles. The van der Waals surface area contributed by atoms with Crippen molar-refractivity contribution in [3.05, 3.63) is 0 Å². The van der Waals surface area contributed by atoms with E-state index in [0.29, 0.717) is 11.5 Å². The van der Waals surface area contributed by atoms with Crippen LogP contribution >= 0.6 is 0 Å². The normalized spacial score (nSPS) is 37.7. The Balaban J connectivity index is 1.98. The van der Waals surface area contributed by atoms with Crippen LogP contribution in [0.25, 0.3) is 0 Å². The van der Waals surface area contributed by atoms with Crippen LogP contribution < -0.4 is 5.32 Å². The number of nitrogens with zero attached hydrogens (tertiary/aromatic N) is 1. The molecule has 2 unspecified atom stereocenters. The molecule has 0 bridgehead atoms. The van der Waals surface area contributed by atoms with Crippen molar-refractivity contribution in [2.75, 3.05) is 32.7 Å². The van der Waals surface area contributed by atoms with E-state index < -0.39 is 0 Å². The van der Waals surface area contributed by atoms with Crippen molar-refractivity contribution in [1.82, 2.24) is 10.2 Å². The fraction of sp³-hybridized carbons (Fsp3) is 1.00. The van der Waals surface area contributed by atoms with Gasteiger partial charge in [0.05, 0.1) is 11.7 Å². The molecule has 3 nitrogen and oxygen atoms in total. The smallest absolute Gasteiger partial charge is 0.0757 e. The zero-order chi connectivity index (χ0) is 13.2. The summed E-state index contributed by atoms with van der Waals surface area (Å²) in [5.74, 6) is 0. The van der Waals surface area contributed by atoms with Crippen LogP contribution in [-0.4, -0.2) is 49.3 Å². The van der Waals surface area contributed by atoms with Crippen LogP contribution in [0, 0.1) is 5.41 Å². The Morgan fingerprint density at radius 2 is 2.17 bits per heavy atom. The Bertz CT molecular complexity index is 272. The van der Waals surface area contributed by atoms with Gasteiger partial charge < -0.3 is 10.1 Å². The van der Waals surface area contributed by atoms with Gasteiger partial charge in [0.1, 0.15) is 0 Å². The van der Waals surface area contributed by atoms with Gasteiger partial charge in [-0.1, -0.05) is 6.92 Å². The third-order valence-corrected chi connectivity index (χ3v) is 4.51. The average Bonchev–Trinajstić information content (AvgIpc) is 2.27. The largest absolute Gasteiger partial charge is 0.370 e. The molecule has 0 amide bonds. The molecule has 0 spiro atoms. The van der Waals surface area contributed by atoms with Crippen LogP contribution in [0.15, 0.2) is 0 Å². The summed E-state index contributed by atoms with van der Waals surface area (Å²) >= 11 is 0. The number of morpholine rings is 1. The minimum Gasteiger partial charge on any atom is -0.370 e. The summed E-state index contributed by atoms with van der Waals surface area (Å²) in [6, 6.07) is 0.